The van der Waals surface area contributed by atoms with Gasteiger partial charge >= 0.3 is 15.6 Å². The maximum atomic E-state index is 12.1. The molecule has 0 aliphatic heterocycles. The van der Waals surface area contributed by atoms with Crippen LogP contribution in [0.4, 0.5) is 0 Å². The largest absolute Gasteiger partial charge is 0.476 e. The highest BCUT2D eigenvalue weighted by atomic mass is 35.5. The van der Waals surface area contributed by atoms with Gasteiger partial charge in [0.25, 0.3) is 0 Å². The van der Waals surface area contributed by atoms with Gasteiger partial charge in [-0.05, 0) is 41.5 Å². The Labute approximate surface area is 124 Å². The fourth-order valence-corrected chi connectivity index (χ4v) is 2.76. The van der Waals surface area contributed by atoms with E-state index in [1.807, 2.05) is 0 Å². The molecule has 3 N–H and O–H groups in total. The predicted octanol–water partition coefficient (Wildman–Crippen LogP) is 3.01. The quantitative estimate of drug-likeness (QED) is 0.519. The smallest absolute Gasteiger partial charge is 0.303 e. The van der Waals surface area contributed by atoms with Gasteiger partial charge in [-0.1, -0.05) is 11.6 Å². The van der Waals surface area contributed by atoms with Crippen molar-refractivity contribution in [2.75, 3.05) is 6.07 Å². The van der Waals surface area contributed by atoms with Gasteiger partial charge in [-0.3, -0.25) is 13.6 Å². The van der Waals surface area contributed by atoms with Gasteiger partial charge in [0.05, 0.1) is 11.2 Å². The van der Waals surface area contributed by atoms with Crippen LogP contribution in [0.2, 0.25) is 0 Å². The van der Waals surface area contributed by atoms with Crippen molar-refractivity contribution in [2.24, 2.45) is 0 Å². The zero-order valence-corrected chi connectivity index (χ0v) is 14.9. The zero-order chi connectivity index (χ0) is 16.8. The third kappa shape index (κ3) is 20.8. The molecular weight excluding hydrogens is 333 g/mol. The minimum absolute atomic E-state index is 0.233. The molecule has 0 radical (unpaired) electrons. The monoisotopic (exact) mass is 356 g/mol. The summed E-state index contributed by atoms with van der Waals surface area (Å²) < 4.78 is 36.4. The molecule has 0 unspecified atom stereocenters. The van der Waals surface area contributed by atoms with Gasteiger partial charge in [-0.25, -0.2) is 9.13 Å². The summed E-state index contributed by atoms with van der Waals surface area (Å²) >= 11 is 5.39. The van der Waals surface area contributed by atoms with E-state index in [0.29, 0.717) is 0 Å². The normalized spacial score (nSPS) is 13.7. The molecule has 0 aliphatic rings. The van der Waals surface area contributed by atoms with Crippen LogP contribution < -0.4 is 0 Å². The molecule has 0 aromatic carbocycles. The summed E-state index contributed by atoms with van der Waals surface area (Å²) in [6.07, 6.45) is 0. The van der Waals surface area contributed by atoms with Crippen molar-refractivity contribution >= 4 is 27.2 Å². The molecule has 11 heteroatoms. The van der Waals surface area contributed by atoms with Crippen LogP contribution in [-0.2, 0) is 22.7 Å². The molecule has 0 atom stereocenters. The van der Waals surface area contributed by atoms with E-state index in [0.717, 1.165) is 0 Å². The molecule has 8 nitrogen and oxygen atoms in total. The van der Waals surface area contributed by atoms with Crippen molar-refractivity contribution in [1.82, 2.24) is 0 Å². The van der Waals surface area contributed by atoms with E-state index >= 15 is 0 Å². The second-order valence-electron chi connectivity index (χ2n) is 5.61. The topological polar surface area (TPSA) is 123 Å². The summed E-state index contributed by atoms with van der Waals surface area (Å²) in [7, 11) is -8.23. The molecule has 0 saturated carbocycles. The third-order valence-corrected chi connectivity index (χ3v) is 3.23. The van der Waals surface area contributed by atoms with Crippen LogP contribution in [0, 0.1) is 0 Å². The highest BCUT2D eigenvalue weighted by Gasteiger charge is 2.36. The van der Waals surface area contributed by atoms with Crippen LogP contribution in [0.1, 0.15) is 41.5 Å². The van der Waals surface area contributed by atoms with Gasteiger partial charge in [-0.15, -0.1) is 0 Å². The second kappa shape index (κ2) is 8.22. The van der Waals surface area contributed by atoms with Crippen LogP contribution in [0.15, 0.2) is 0 Å². The number of hydrogen-bond donors (Lipinski definition) is 3. The number of rotatable bonds is 4. The average Bonchev–Trinajstić information content (AvgIpc) is 1.89. The van der Waals surface area contributed by atoms with Gasteiger partial charge in [0.1, 0.15) is 6.07 Å². The first-order valence-corrected chi connectivity index (χ1v) is 9.04. The maximum Gasteiger partial charge on any atom is 0.476 e. The van der Waals surface area contributed by atoms with E-state index in [9.17, 15) is 4.57 Å². The maximum absolute atomic E-state index is 12.1. The van der Waals surface area contributed by atoms with Gasteiger partial charge < -0.3 is 14.7 Å². The Morgan fingerprint density at radius 2 is 1.15 bits per heavy atom. The van der Waals surface area contributed by atoms with Gasteiger partial charge in [-0.2, -0.15) is 0 Å². The van der Waals surface area contributed by atoms with E-state index in [1.165, 1.54) is 0 Å². The molecule has 124 valence electrons. The lowest BCUT2D eigenvalue weighted by Crippen LogP contribution is -2.24. The Bertz CT molecular complexity index is 339. The van der Waals surface area contributed by atoms with E-state index < -0.39 is 26.8 Å². The highest BCUT2D eigenvalue weighted by molar-refractivity contribution is 7.48. The molecule has 0 heterocycles. The molecular formula is C9H23ClO8P2. The first-order chi connectivity index (χ1) is 8.47. The Morgan fingerprint density at radius 3 is 1.30 bits per heavy atom. The van der Waals surface area contributed by atoms with E-state index in [2.05, 4.69) is 0 Å². The van der Waals surface area contributed by atoms with Crippen LogP contribution in [0.3, 0.4) is 0 Å². The van der Waals surface area contributed by atoms with Gasteiger partial charge in [0.15, 0.2) is 0 Å². The Kier molecular flexibility index (Phi) is 9.37. The molecule has 0 fully saturated rings. The molecule has 0 rings (SSSR count). The highest BCUT2D eigenvalue weighted by Crippen LogP contribution is 2.55. The standard InChI is InChI=1S/C9H20ClO4P.H3O4P/c1-8(2,3)13-15(11,12-7-10)14-9(4,5)6;1-5(2,3)4/h7H2,1-6H3;(H3,1,2,3,4). The predicted molar refractivity (Wildman–Crippen MR) is 75.4 cm³/mol. The number of halogens is 1. The lowest BCUT2D eigenvalue weighted by atomic mass is 10.2. The SMILES string of the molecule is CC(C)(C)OP(=O)(OCCl)OC(C)(C)C.O=P(O)(O)O. The molecule has 0 amide bonds. The van der Waals surface area contributed by atoms with Crippen molar-refractivity contribution in [1.29, 1.82) is 0 Å². The van der Waals surface area contributed by atoms with Crippen LogP contribution in [-0.4, -0.2) is 31.9 Å². The fraction of sp³-hybridized carbons (Fsp3) is 1.00. The van der Waals surface area contributed by atoms with Crippen LogP contribution in [0.5, 0.6) is 0 Å². The number of phosphoric acid groups is 2. The molecule has 0 saturated heterocycles. The molecule has 0 aromatic heterocycles. The summed E-state index contributed by atoms with van der Waals surface area (Å²) in [5.74, 6) is 0. The number of hydrogen-bond acceptors (Lipinski definition) is 5. The summed E-state index contributed by atoms with van der Waals surface area (Å²) in [5, 5.41) is 0. The molecule has 0 spiro atoms. The van der Waals surface area contributed by atoms with Crippen LogP contribution in [0.25, 0.3) is 0 Å². The fourth-order valence-electron chi connectivity index (χ4n) is 0.802. The Morgan fingerprint density at radius 1 is 0.900 bits per heavy atom. The summed E-state index contributed by atoms with van der Waals surface area (Å²) in [4.78, 5) is 21.6. The zero-order valence-electron chi connectivity index (χ0n) is 12.4. The van der Waals surface area contributed by atoms with Gasteiger partial charge in [0.2, 0.25) is 0 Å². The Hall–Kier alpha value is 0.510. The average molecular weight is 357 g/mol. The van der Waals surface area contributed by atoms with Crippen molar-refractivity contribution in [3.8, 4) is 0 Å². The summed E-state index contributed by atoms with van der Waals surface area (Å²) in [6.45, 7) is 10.6. The van der Waals surface area contributed by atoms with E-state index in [-0.39, 0.29) is 6.07 Å². The lowest BCUT2D eigenvalue weighted by Gasteiger charge is -2.30. The summed E-state index contributed by atoms with van der Waals surface area (Å²) in [6, 6.07) is -0.233. The van der Waals surface area contributed by atoms with Crippen LogP contribution >= 0.6 is 27.2 Å². The lowest BCUT2D eigenvalue weighted by molar-refractivity contribution is 0.00859. The molecule has 0 aliphatic carbocycles. The van der Waals surface area contributed by atoms with Gasteiger partial charge in [0, 0.05) is 0 Å². The van der Waals surface area contributed by atoms with E-state index in [4.69, 9.17) is 44.4 Å². The first kappa shape index (κ1) is 22.8. The Balaban J connectivity index is 0. The summed E-state index contributed by atoms with van der Waals surface area (Å²) in [5.41, 5.74) is -1.24. The van der Waals surface area contributed by atoms with E-state index in [1.54, 1.807) is 41.5 Å². The van der Waals surface area contributed by atoms with Crippen molar-refractivity contribution in [2.45, 2.75) is 52.7 Å². The van der Waals surface area contributed by atoms with Crippen molar-refractivity contribution in [3.05, 3.63) is 0 Å². The minimum atomic E-state index is -4.64. The number of alkyl halides is 1. The third-order valence-electron chi connectivity index (χ3n) is 0.978. The second-order valence-corrected chi connectivity index (χ2v) is 8.37. The molecule has 20 heavy (non-hydrogen) atoms. The molecule has 0 bridgehead atoms. The first-order valence-electron chi connectivity index (χ1n) is 5.48. The van der Waals surface area contributed by atoms with Crippen molar-refractivity contribution in [3.63, 3.8) is 0 Å². The minimum Gasteiger partial charge on any atom is -0.303 e. The molecule has 0 aromatic rings. The number of phosphoric ester groups is 1. The van der Waals surface area contributed by atoms with Crippen molar-refractivity contribution < 1.29 is 37.4 Å².